The average Bonchev–Trinajstić information content (AvgIpc) is 2.46. The van der Waals surface area contributed by atoms with E-state index in [4.69, 9.17) is 5.14 Å². The number of fused-ring (bicyclic) bond motifs is 1. The van der Waals surface area contributed by atoms with E-state index in [1.165, 1.54) is 18.2 Å². The van der Waals surface area contributed by atoms with Crippen LogP contribution in [0.5, 0.6) is 5.75 Å². The second-order valence-corrected chi connectivity index (χ2v) is 6.13. The Kier molecular flexibility index (Phi) is 3.39. The van der Waals surface area contributed by atoms with Gasteiger partial charge in [-0.2, -0.15) is 0 Å². The Morgan fingerprint density at radius 2 is 1.91 bits per heavy atom. The molecule has 0 bridgehead atoms. The van der Waals surface area contributed by atoms with Crippen LogP contribution < -0.4 is 10.5 Å². The number of hydrogen-bond acceptors (Lipinski definition) is 6. The minimum absolute atomic E-state index is 0.0467. The standard InChI is InChI=1S/C14H12N4O3S/c15-22(20,21)13-4-2-1-3-11(13)17-14-16-8-9-5-6-10(19)7-12(9)18-14/h1-8,19H,(H2,15,20,21)(H,16,17,18). The van der Waals surface area contributed by atoms with E-state index in [0.717, 1.165) is 5.39 Å². The number of rotatable bonds is 3. The lowest BCUT2D eigenvalue weighted by atomic mass is 10.2. The van der Waals surface area contributed by atoms with Crippen molar-refractivity contribution < 1.29 is 13.5 Å². The van der Waals surface area contributed by atoms with Gasteiger partial charge in [0.25, 0.3) is 0 Å². The summed E-state index contributed by atoms with van der Waals surface area (Å²) in [5.74, 6) is 0.288. The Bertz CT molecular complexity index is 957. The molecule has 0 saturated heterocycles. The van der Waals surface area contributed by atoms with Crippen LogP contribution in [0.1, 0.15) is 0 Å². The van der Waals surface area contributed by atoms with Gasteiger partial charge in [0.05, 0.1) is 11.2 Å². The van der Waals surface area contributed by atoms with Crippen molar-refractivity contribution >= 4 is 32.6 Å². The summed E-state index contributed by atoms with van der Waals surface area (Å²) in [4.78, 5) is 8.31. The molecule has 1 aromatic heterocycles. The molecule has 0 aliphatic rings. The van der Waals surface area contributed by atoms with Gasteiger partial charge in [-0.05, 0) is 24.3 Å². The maximum Gasteiger partial charge on any atom is 0.240 e. The number of aromatic nitrogens is 2. The smallest absolute Gasteiger partial charge is 0.240 e. The molecule has 8 heteroatoms. The van der Waals surface area contributed by atoms with E-state index in [-0.39, 0.29) is 22.3 Å². The highest BCUT2D eigenvalue weighted by atomic mass is 32.2. The first-order chi connectivity index (χ1) is 10.4. The van der Waals surface area contributed by atoms with E-state index in [1.54, 1.807) is 30.5 Å². The molecule has 3 rings (SSSR count). The molecule has 1 heterocycles. The van der Waals surface area contributed by atoms with Gasteiger partial charge in [-0.15, -0.1) is 0 Å². The Labute approximate surface area is 126 Å². The quantitative estimate of drug-likeness (QED) is 0.677. The molecule has 0 fully saturated rings. The van der Waals surface area contributed by atoms with Crippen molar-refractivity contribution in [2.75, 3.05) is 5.32 Å². The molecule has 7 nitrogen and oxygen atoms in total. The Hall–Kier alpha value is -2.71. The Morgan fingerprint density at radius 1 is 1.14 bits per heavy atom. The first kappa shape index (κ1) is 14.2. The summed E-state index contributed by atoms with van der Waals surface area (Å²) >= 11 is 0. The zero-order chi connectivity index (χ0) is 15.7. The number of phenolic OH excluding ortho intramolecular Hbond substituents is 1. The van der Waals surface area contributed by atoms with Crippen LogP contribution in [0, 0.1) is 0 Å². The highest BCUT2D eigenvalue weighted by molar-refractivity contribution is 7.89. The van der Waals surface area contributed by atoms with Crippen LogP contribution >= 0.6 is 0 Å². The number of nitrogens with one attached hydrogen (secondary N) is 1. The van der Waals surface area contributed by atoms with Crippen LogP contribution in [0.15, 0.2) is 53.6 Å². The highest BCUT2D eigenvalue weighted by Gasteiger charge is 2.14. The number of phenols is 1. The second kappa shape index (κ2) is 5.24. The van der Waals surface area contributed by atoms with Crippen LogP contribution in [0.2, 0.25) is 0 Å². The van der Waals surface area contributed by atoms with E-state index >= 15 is 0 Å². The van der Waals surface area contributed by atoms with E-state index in [1.807, 2.05) is 0 Å². The molecule has 4 N–H and O–H groups in total. The summed E-state index contributed by atoms with van der Waals surface area (Å²) in [6.45, 7) is 0. The minimum atomic E-state index is -3.86. The zero-order valence-corrected chi connectivity index (χ0v) is 12.1. The number of nitrogens with two attached hydrogens (primary N) is 1. The third-order valence-corrected chi connectivity index (χ3v) is 3.98. The van der Waals surface area contributed by atoms with Crippen molar-refractivity contribution in [3.05, 3.63) is 48.7 Å². The molecule has 0 saturated carbocycles. The third-order valence-electron chi connectivity index (χ3n) is 3.01. The highest BCUT2D eigenvalue weighted by Crippen LogP contribution is 2.24. The average molecular weight is 316 g/mol. The third kappa shape index (κ3) is 2.83. The molecule has 0 radical (unpaired) electrons. The maximum atomic E-state index is 11.6. The number of primary sulfonamides is 1. The summed E-state index contributed by atoms with van der Waals surface area (Å²) in [5.41, 5.74) is 0.815. The molecular weight excluding hydrogens is 304 g/mol. The number of para-hydroxylation sites is 1. The van der Waals surface area contributed by atoms with Gasteiger partial charge >= 0.3 is 0 Å². The molecule has 0 spiro atoms. The molecule has 22 heavy (non-hydrogen) atoms. The maximum absolute atomic E-state index is 11.6. The molecule has 0 unspecified atom stereocenters. The number of anilines is 2. The van der Waals surface area contributed by atoms with Crippen LogP contribution in [0.4, 0.5) is 11.6 Å². The number of aromatic hydroxyl groups is 1. The van der Waals surface area contributed by atoms with Gasteiger partial charge in [0.2, 0.25) is 16.0 Å². The van der Waals surface area contributed by atoms with Crippen LogP contribution in [-0.4, -0.2) is 23.5 Å². The number of benzene rings is 2. The topological polar surface area (TPSA) is 118 Å². The van der Waals surface area contributed by atoms with Gasteiger partial charge in [0, 0.05) is 17.6 Å². The van der Waals surface area contributed by atoms with Gasteiger partial charge in [0.15, 0.2) is 0 Å². The Morgan fingerprint density at radius 3 is 2.68 bits per heavy atom. The summed E-state index contributed by atoms with van der Waals surface area (Å²) in [6, 6.07) is 10.9. The van der Waals surface area contributed by atoms with Crippen molar-refractivity contribution in [2.24, 2.45) is 5.14 Å². The first-order valence-corrected chi connectivity index (χ1v) is 7.83. The SMILES string of the molecule is NS(=O)(=O)c1ccccc1Nc1ncc2ccc(O)cc2n1. The summed E-state index contributed by atoms with van der Waals surface area (Å²) in [6.07, 6.45) is 1.57. The molecule has 112 valence electrons. The summed E-state index contributed by atoms with van der Waals surface area (Å²) < 4.78 is 23.1. The van der Waals surface area contributed by atoms with Crippen molar-refractivity contribution in [3.63, 3.8) is 0 Å². The van der Waals surface area contributed by atoms with Crippen LogP contribution in [0.25, 0.3) is 10.9 Å². The van der Waals surface area contributed by atoms with E-state index in [9.17, 15) is 13.5 Å². The van der Waals surface area contributed by atoms with Gasteiger partial charge < -0.3 is 10.4 Å². The molecular formula is C14H12N4O3S. The van der Waals surface area contributed by atoms with Gasteiger partial charge in [-0.1, -0.05) is 12.1 Å². The molecule has 2 aromatic carbocycles. The zero-order valence-electron chi connectivity index (χ0n) is 11.3. The van der Waals surface area contributed by atoms with E-state index in [2.05, 4.69) is 15.3 Å². The predicted molar refractivity (Wildman–Crippen MR) is 82.3 cm³/mol. The molecule has 0 atom stereocenters. The molecule has 0 aliphatic heterocycles. The molecule has 3 aromatic rings. The lowest BCUT2D eigenvalue weighted by Gasteiger charge is -2.09. The van der Waals surface area contributed by atoms with Gasteiger partial charge in [-0.25, -0.2) is 23.5 Å². The van der Waals surface area contributed by atoms with Crippen molar-refractivity contribution in [1.29, 1.82) is 0 Å². The lowest BCUT2D eigenvalue weighted by molar-refractivity contribution is 0.476. The lowest BCUT2D eigenvalue weighted by Crippen LogP contribution is -2.14. The number of nitrogens with zero attached hydrogens (tertiary/aromatic N) is 2. The monoisotopic (exact) mass is 316 g/mol. The van der Waals surface area contributed by atoms with Crippen molar-refractivity contribution in [2.45, 2.75) is 4.90 Å². The van der Waals surface area contributed by atoms with Crippen LogP contribution in [0.3, 0.4) is 0 Å². The van der Waals surface area contributed by atoms with Gasteiger partial charge in [-0.3, -0.25) is 0 Å². The fraction of sp³-hybridized carbons (Fsp3) is 0. The van der Waals surface area contributed by atoms with Crippen LogP contribution in [-0.2, 0) is 10.0 Å². The molecule has 0 aliphatic carbocycles. The second-order valence-electron chi connectivity index (χ2n) is 4.60. The first-order valence-electron chi connectivity index (χ1n) is 6.28. The summed E-state index contributed by atoms with van der Waals surface area (Å²) in [5, 5.41) is 18.2. The van der Waals surface area contributed by atoms with E-state index in [0.29, 0.717) is 5.52 Å². The number of sulfonamides is 1. The normalized spacial score (nSPS) is 11.5. The summed E-state index contributed by atoms with van der Waals surface area (Å²) in [7, 11) is -3.86. The predicted octanol–water partition coefficient (Wildman–Crippen LogP) is 1.73. The largest absolute Gasteiger partial charge is 0.508 e. The van der Waals surface area contributed by atoms with Crippen molar-refractivity contribution in [1.82, 2.24) is 9.97 Å². The number of hydrogen-bond donors (Lipinski definition) is 3. The van der Waals surface area contributed by atoms with Gasteiger partial charge in [0.1, 0.15) is 10.6 Å². The Balaban J connectivity index is 2.04. The van der Waals surface area contributed by atoms with Crippen molar-refractivity contribution in [3.8, 4) is 5.75 Å². The molecule has 0 amide bonds. The fourth-order valence-corrected chi connectivity index (χ4v) is 2.70. The fourth-order valence-electron chi connectivity index (χ4n) is 2.01. The van der Waals surface area contributed by atoms with E-state index < -0.39 is 10.0 Å². The minimum Gasteiger partial charge on any atom is -0.508 e.